The van der Waals surface area contributed by atoms with E-state index in [9.17, 15) is 27.6 Å². The number of imide groups is 2. The summed E-state index contributed by atoms with van der Waals surface area (Å²) in [6.45, 7) is 1.99. The van der Waals surface area contributed by atoms with Gasteiger partial charge < -0.3 is 9.64 Å². The SMILES string of the molecule is CC1=CC(=C2C(=O)NC(=O)NC2=O)C=C(C(F)(F)F)N1C[C@@H]1CCCO1. The third kappa shape index (κ3) is 3.50. The van der Waals surface area contributed by atoms with Crippen LogP contribution in [0.4, 0.5) is 18.0 Å². The number of allylic oxidation sites excluding steroid dienone is 5. The van der Waals surface area contributed by atoms with Crippen molar-refractivity contribution in [3.05, 3.63) is 34.7 Å². The Bertz CT molecular complexity index is 739. The van der Waals surface area contributed by atoms with E-state index >= 15 is 0 Å². The summed E-state index contributed by atoms with van der Waals surface area (Å²) < 4.78 is 46.2. The van der Waals surface area contributed by atoms with Gasteiger partial charge in [0, 0.05) is 18.8 Å². The van der Waals surface area contributed by atoms with Crippen molar-refractivity contribution < 1.29 is 32.3 Å². The monoisotopic (exact) mass is 371 g/mol. The number of barbiturate groups is 1. The molecule has 0 bridgehead atoms. The van der Waals surface area contributed by atoms with Crippen LogP contribution in [-0.2, 0) is 14.3 Å². The molecule has 26 heavy (non-hydrogen) atoms. The van der Waals surface area contributed by atoms with Crippen molar-refractivity contribution in [3.8, 4) is 0 Å². The number of amides is 4. The topological polar surface area (TPSA) is 87.7 Å². The van der Waals surface area contributed by atoms with Gasteiger partial charge >= 0.3 is 12.2 Å². The lowest BCUT2D eigenvalue weighted by atomic mass is 9.99. The molecule has 3 aliphatic rings. The Morgan fingerprint density at radius 1 is 1.19 bits per heavy atom. The first-order valence-corrected chi connectivity index (χ1v) is 7.94. The maximum Gasteiger partial charge on any atom is 0.431 e. The molecular weight excluding hydrogens is 355 g/mol. The van der Waals surface area contributed by atoms with E-state index in [1.165, 1.54) is 13.0 Å². The molecule has 2 saturated heterocycles. The number of alkyl halides is 3. The molecular formula is C16H16F3N3O4. The Kier molecular flexibility index (Phi) is 4.61. The molecule has 0 aromatic carbocycles. The summed E-state index contributed by atoms with van der Waals surface area (Å²) >= 11 is 0. The Balaban J connectivity index is 2.01. The highest BCUT2D eigenvalue weighted by atomic mass is 19.4. The van der Waals surface area contributed by atoms with Crippen LogP contribution < -0.4 is 10.6 Å². The van der Waals surface area contributed by atoms with E-state index in [0.29, 0.717) is 13.0 Å². The second-order valence-corrected chi connectivity index (χ2v) is 6.13. The lowest BCUT2D eigenvalue weighted by Crippen LogP contribution is -2.52. The standard InChI is InChI=1S/C16H16F3N3O4/c1-8-5-9(12-13(23)20-15(25)21-14(12)24)6-11(16(17,18)19)22(8)7-10-3-2-4-26-10/h5-6,10H,2-4,7H2,1H3,(H2,20,21,23,24,25)/t10-/m0/s1. The summed E-state index contributed by atoms with van der Waals surface area (Å²) in [6.07, 6.45) is -1.51. The maximum atomic E-state index is 13.6. The number of carbonyl (C=O) groups excluding carboxylic acids is 3. The van der Waals surface area contributed by atoms with Gasteiger partial charge in [0.15, 0.2) is 0 Å². The van der Waals surface area contributed by atoms with E-state index in [1.807, 2.05) is 10.6 Å². The van der Waals surface area contributed by atoms with Crippen LogP contribution in [0.3, 0.4) is 0 Å². The quantitative estimate of drug-likeness (QED) is 0.567. The van der Waals surface area contributed by atoms with Crippen molar-refractivity contribution in [3.63, 3.8) is 0 Å². The van der Waals surface area contributed by atoms with Crippen LogP contribution in [0.2, 0.25) is 0 Å². The average molecular weight is 371 g/mol. The molecule has 3 rings (SSSR count). The summed E-state index contributed by atoms with van der Waals surface area (Å²) in [4.78, 5) is 36.0. The number of ether oxygens (including phenoxy) is 1. The normalized spacial score (nSPS) is 24.4. The van der Waals surface area contributed by atoms with Gasteiger partial charge in [-0.15, -0.1) is 0 Å². The highest BCUT2D eigenvalue weighted by molar-refractivity contribution is 6.29. The highest BCUT2D eigenvalue weighted by Gasteiger charge is 2.42. The molecule has 10 heteroatoms. The predicted octanol–water partition coefficient (Wildman–Crippen LogP) is 1.49. The zero-order valence-corrected chi connectivity index (χ0v) is 13.8. The van der Waals surface area contributed by atoms with Crippen LogP contribution in [0, 0.1) is 0 Å². The van der Waals surface area contributed by atoms with Gasteiger partial charge in [-0.3, -0.25) is 20.2 Å². The Hall–Kier alpha value is -2.62. The van der Waals surface area contributed by atoms with Crippen LogP contribution >= 0.6 is 0 Å². The largest absolute Gasteiger partial charge is 0.431 e. The van der Waals surface area contributed by atoms with E-state index in [1.54, 1.807) is 0 Å². The minimum absolute atomic E-state index is 0.0210. The van der Waals surface area contributed by atoms with Crippen molar-refractivity contribution >= 4 is 17.8 Å². The summed E-state index contributed by atoms with van der Waals surface area (Å²) in [6, 6.07) is -1.01. The van der Waals surface area contributed by atoms with Gasteiger partial charge in [0.1, 0.15) is 11.3 Å². The molecule has 2 N–H and O–H groups in total. The first kappa shape index (κ1) is 18.2. The summed E-state index contributed by atoms with van der Waals surface area (Å²) in [5.41, 5.74) is -1.52. The molecule has 3 heterocycles. The zero-order chi connectivity index (χ0) is 19.1. The molecule has 3 aliphatic heterocycles. The first-order valence-electron chi connectivity index (χ1n) is 7.94. The molecule has 0 saturated carbocycles. The number of halogens is 3. The maximum absolute atomic E-state index is 13.6. The van der Waals surface area contributed by atoms with Crippen molar-refractivity contribution in [2.45, 2.75) is 32.0 Å². The number of rotatable bonds is 2. The Morgan fingerprint density at radius 2 is 1.85 bits per heavy atom. The second-order valence-electron chi connectivity index (χ2n) is 6.13. The number of nitrogens with one attached hydrogen (secondary N) is 2. The Labute approximate surface area is 146 Å². The molecule has 4 amide bonds. The third-order valence-corrected chi connectivity index (χ3v) is 4.27. The van der Waals surface area contributed by atoms with Crippen molar-refractivity contribution in [2.24, 2.45) is 0 Å². The smallest absolute Gasteiger partial charge is 0.376 e. The lowest BCUT2D eigenvalue weighted by Gasteiger charge is -2.34. The fourth-order valence-corrected chi connectivity index (χ4v) is 3.10. The van der Waals surface area contributed by atoms with Gasteiger partial charge in [-0.05, 0) is 37.5 Å². The molecule has 0 aromatic rings. The van der Waals surface area contributed by atoms with E-state index in [2.05, 4.69) is 0 Å². The van der Waals surface area contributed by atoms with Crippen molar-refractivity contribution in [1.29, 1.82) is 0 Å². The number of hydrogen-bond donors (Lipinski definition) is 2. The minimum Gasteiger partial charge on any atom is -0.376 e. The van der Waals surface area contributed by atoms with Gasteiger partial charge in [-0.1, -0.05) is 0 Å². The summed E-state index contributed by atoms with van der Waals surface area (Å²) in [7, 11) is 0. The van der Waals surface area contributed by atoms with Crippen molar-refractivity contribution in [1.82, 2.24) is 15.5 Å². The van der Waals surface area contributed by atoms with Gasteiger partial charge in [-0.25, -0.2) is 4.79 Å². The molecule has 7 nitrogen and oxygen atoms in total. The molecule has 0 aromatic heterocycles. The van der Waals surface area contributed by atoms with Gasteiger partial charge in [-0.2, -0.15) is 13.2 Å². The fourth-order valence-electron chi connectivity index (χ4n) is 3.10. The van der Waals surface area contributed by atoms with Crippen LogP contribution in [-0.4, -0.2) is 48.2 Å². The second kappa shape index (κ2) is 6.60. The van der Waals surface area contributed by atoms with Crippen LogP contribution in [0.1, 0.15) is 19.8 Å². The first-order chi connectivity index (χ1) is 12.2. The highest BCUT2D eigenvalue weighted by Crippen LogP contribution is 2.37. The fraction of sp³-hybridized carbons (Fsp3) is 0.438. The number of carbonyl (C=O) groups is 3. The van der Waals surface area contributed by atoms with E-state index in [0.717, 1.165) is 17.4 Å². The van der Waals surface area contributed by atoms with Gasteiger partial charge in [0.2, 0.25) is 0 Å². The van der Waals surface area contributed by atoms with Crippen LogP contribution in [0.15, 0.2) is 34.7 Å². The van der Waals surface area contributed by atoms with E-state index in [-0.39, 0.29) is 23.9 Å². The summed E-state index contributed by atoms with van der Waals surface area (Å²) in [5, 5.41) is 3.71. The molecule has 0 aliphatic carbocycles. The predicted molar refractivity (Wildman–Crippen MR) is 82.3 cm³/mol. The van der Waals surface area contributed by atoms with E-state index < -0.39 is 35.3 Å². The molecule has 1 atom stereocenters. The Morgan fingerprint density at radius 3 is 2.38 bits per heavy atom. The van der Waals surface area contributed by atoms with Crippen LogP contribution in [0.25, 0.3) is 0 Å². The molecule has 140 valence electrons. The van der Waals surface area contributed by atoms with Crippen LogP contribution in [0.5, 0.6) is 0 Å². The van der Waals surface area contributed by atoms with Gasteiger partial charge in [0.05, 0.1) is 6.10 Å². The third-order valence-electron chi connectivity index (χ3n) is 4.27. The zero-order valence-electron chi connectivity index (χ0n) is 13.8. The lowest BCUT2D eigenvalue weighted by molar-refractivity contribution is -0.124. The minimum atomic E-state index is -4.70. The van der Waals surface area contributed by atoms with Crippen molar-refractivity contribution in [2.75, 3.05) is 13.2 Å². The number of nitrogens with zero attached hydrogens (tertiary/aromatic N) is 1. The van der Waals surface area contributed by atoms with Gasteiger partial charge in [0.25, 0.3) is 11.8 Å². The average Bonchev–Trinajstić information content (AvgIpc) is 3.00. The molecule has 0 unspecified atom stereocenters. The molecule has 2 fully saturated rings. The molecule has 0 radical (unpaired) electrons. The number of hydrogen-bond acceptors (Lipinski definition) is 5. The number of urea groups is 1. The molecule has 0 spiro atoms. The summed E-state index contributed by atoms with van der Waals surface area (Å²) in [5.74, 6) is -2.08. The van der Waals surface area contributed by atoms with E-state index in [4.69, 9.17) is 4.74 Å².